The predicted octanol–water partition coefficient (Wildman–Crippen LogP) is 1.19. The molecule has 1 unspecified atom stereocenters. The number of likely N-dealkylation sites (N-methyl/N-ethyl adjacent to an activating group) is 1. The lowest BCUT2D eigenvalue weighted by Gasteiger charge is -2.24. The van der Waals surface area contributed by atoms with Gasteiger partial charge in [0.25, 0.3) is 0 Å². The lowest BCUT2D eigenvalue weighted by Crippen LogP contribution is -2.41. The fraction of sp³-hybridized carbons (Fsp3) is 0.583. The minimum Gasteiger partial charge on any atom is -0.383 e. The zero-order valence-electron chi connectivity index (χ0n) is 11.5. The molecule has 0 saturated heterocycles. The first-order valence-electron chi connectivity index (χ1n) is 6.44. The smallest absolute Gasteiger partial charge is 0.244 e. The molecular formula is C12H19BrN4O2S. The molecule has 1 aromatic heterocycles. The molecule has 1 aliphatic rings. The van der Waals surface area contributed by atoms with E-state index in [1.165, 1.54) is 25.1 Å². The number of hydrogen-bond acceptors (Lipinski definition) is 5. The molecule has 112 valence electrons. The molecule has 1 aromatic rings. The number of hydrogen-bond donors (Lipinski definition) is 2. The van der Waals surface area contributed by atoms with E-state index in [4.69, 9.17) is 5.73 Å². The van der Waals surface area contributed by atoms with E-state index in [1.807, 2.05) is 14.0 Å². The van der Waals surface area contributed by atoms with Crippen LogP contribution in [0.5, 0.6) is 0 Å². The summed E-state index contributed by atoms with van der Waals surface area (Å²) in [5.41, 5.74) is 5.64. The van der Waals surface area contributed by atoms with Gasteiger partial charge in [0, 0.05) is 29.3 Å². The van der Waals surface area contributed by atoms with Crippen LogP contribution in [-0.4, -0.2) is 44.0 Å². The van der Waals surface area contributed by atoms with Crippen LogP contribution in [0.2, 0.25) is 0 Å². The Balaban J connectivity index is 2.05. The number of anilines is 1. The van der Waals surface area contributed by atoms with Crippen molar-refractivity contribution in [2.45, 2.75) is 36.7 Å². The normalized spacial score (nSPS) is 17.4. The maximum Gasteiger partial charge on any atom is 0.244 e. The molecule has 20 heavy (non-hydrogen) atoms. The van der Waals surface area contributed by atoms with E-state index in [-0.39, 0.29) is 16.8 Å². The minimum atomic E-state index is -3.64. The fourth-order valence-electron chi connectivity index (χ4n) is 1.94. The van der Waals surface area contributed by atoms with Gasteiger partial charge in [-0.15, -0.1) is 0 Å². The minimum absolute atomic E-state index is 0.00361. The van der Waals surface area contributed by atoms with Crippen LogP contribution >= 0.6 is 15.9 Å². The van der Waals surface area contributed by atoms with Gasteiger partial charge in [-0.05, 0) is 48.8 Å². The maximum atomic E-state index is 12.2. The van der Waals surface area contributed by atoms with E-state index in [1.54, 1.807) is 0 Å². The SMILES string of the molecule is CC(CNS(=O)(=O)c1cc(Br)cnc1N)N(C)C1CC1. The van der Waals surface area contributed by atoms with Gasteiger partial charge in [0.15, 0.2) is 0 Å². The third kappa shape index (κ3) is 3.69. The quantitative estimate of drug-likeness (QED) is 0.793. The fourth-order valence-corrected chi connectivity index (χ4v) is 3.65. The first-order chi connectivity index (χ1) is 9.31. The largest absolute Gasteiger partial charge is 0.383 e. The zero-order chi connectivity index (χ0) is 14.9. The number of nitrogens with one attached hydrogen (secondary N) is 1. The van der Waals surface area contributed by atoms with Crippen LogP contribution in [0.3, 0.4) is 0 Å². The number of rotatable bonds is 6. The molecule has 8 heteroatoms. The van der Waals surface area contributed by atoms with Gasteiger partial charge in [0.1, 0.15) is 10.7 Å². The van der Waals surface area contributed by atoms with Gasteiger partial charge in [-0.25, -0.2) is 18.1 Å². The number of nitrogens with zero attached hydrogens (tertiary/aromatic N) is 2. The summed E-state index contributed by atoms with van der Waals surface area (Å²) in [5.74, 6) is 0.00361. The summed E-state index contributed by atoms with van der Waals surface area (Å²) in [6.45, 7) is 2.35. The van der Waals surface area contributed by atoms with Crippen LogP contribution in [-0.2, 0) is 10.0 Å². The number of nitrogen functional groups attached to an aromatic ring is 1. The highest BCUT2D eigenvalue weighted by atomic mass is 79.9. The molecule has 0 radical (unpaired) electrons. The van der Waals surface area contributed by atoms with Crippen LogP contribution in [0.25, 0.3) is 0 Å². The summed E-state index contributed by atoms with van der Waals surface area (Å²) in [6.07, 6.45) is 3.85. The first kappa shape index (κ1) is 15.7. The van der Waals surface area contributed by atoms with Crippen molar-refractivity contribution in [2.24, 2.45) is 0 Å². The van der Waals surface area contributed by atoms with Gasteiger partial charge < -0.3 is 5.73 Å². The second-order valence-corrected chi connectivity index (χ2v) is 7.79. The van der Waals surface area contributed by atoms with E-state index in [0.29, 0.717) is 17.1 Å². The van der Waals surface area contributed by atoms with Crippen molar-refractivity contribution in [1.82, 2.24) is 14.6 Å². The molecule has 1 aliphatic carbocycles. The number of aromatic nitrogens is 1. The van der Waals surface area contributed by atoms with Crippen molar-refractivity contribution < 1.29 is 8.42 Å². The van der Waals surface area contributed by atoms with Crippen molar-refractivity contribution in [3.8, 4) is 0 Å². The predicted molar refractivity (Wildman–Crippen MR) is 81.8 cm³/mol. The van der Waals surface area contributed by atoms with Crippen LogP contribution in [0.4, 0.5) is 5.82 Å². The lowest BCUT2D eigenvalue weighted by atomic mass is 10.3. The maximum absolute atomic E-state index is 12.2. The average Bonchev–Trinajstić information content (AvgIpc) is 3.22. The zero-order valence-corrected chi connectivity index (χ0v) is 13.9. The Morgan fingerprint density at radius 3 is 2.85 bits per heavy atom. The monoisotopic (exact) mass is 362 g/mol. The second-order valence-electron chi connectivity index (χ2n) is 5.13. The molecule has 1 heterocycles. The van der Waals surface area contributed by atoms with Gasteiger partial charge in [-0.2, -0.15) is 0 Å². The van der Waals surface area contributed by atoms with E-state index in [0.717, 1.165) is 0 Å². The summed E-state index contributed by atoms with van der Waals surface area (Å²) in [5, 5.41) is 0. The molecule has 0 bridgehead atoms. The van der Waals surface area contributed by atoms with E-state index in [9.17, 15) is 8.42 Å². The average molecular weight is 363 g/mol. The molecule has 1 atom stereocenters. The standard InChI is InChI=1S/C12H19BrN4O2S/c1-8(17(2)10-3-4-10)6-16-20(18,19)11-5-9(13)7-15-12(11)14/h5,7-8,10,16H,3-4,6H2,1-2H3,(H2,14,15). The summed E-state index contributed by atoms with van der Waals surface area (Å²) in [7, 11) is -1.62. The molecule has 2 rings (SSSR count). The number of sulfonamides is 1. The Labute approximate surface area is 127 Å². The van der Waals surface area contributed by atoms with E-state index >= 15 is 0 Å². The molecule has 0 spiro atoms. The van der Waals surface area contributed by atoms with Crippen molar-refractivity contribution >= 4 is 31.8 Å². The third-order valence-electron chi connectivity index (χ3n) is 3.52. The summed E-state index contributed by atoms with van der Waals surface area (Å²) in [6, 6.07) is 2.19. The van der Waals surface area contributed by atoms with Gasteiger partial charge in [0.05, 0.1) is 0 Å². The number of halogens is 1. The van der Waals surface area contributed by atoms with E-state index in [2.05, 4.69) is 30.5 Å². The highest BCUT2D eigenvalue weighted by Gasteiger charge is 2.30. The Hall–Kier alpha value is -0.700. The van der Waals surface area contributed by atoms with Crippen LogP contribution in [0.15, 0.2) is 21.6 Å². The van der Waals surface area contributed by atoms with Crippen molar-refractivity contribution in [2.75, 3.05) is 19.3 Å². The Kier molecular flexibility index (Phi) is 4.68. The summed E-state index contributed by atoms with van der Waals surface area (Å²) in [4.78, 5) is 6.05. The van der Waals surface area contributed by atoms with Gasteiger partial charge >= 0.3 is 0 Å². The van der Waals surface area contributed by atoms with Gasteiger partial charge in [-0.3, -0.25) is 4.90 Å². The Morgan fingerprint density at radius 2 is 2.25 bits per heavy atom. The van der Waals surface area contributed by atoms with Gasteiger partial charge in [-0.1, -0.05) is 0 Å². The molecule has 0 amide bonds. The molecule has 1 saturated carbocycles. The highest BCUT2D eigenvalue weighted by molar-refractivity contribution is 9.10. The molecule has 0 aromatic carbocycles. The Morgan fingerprint density at radius 1 is 1.60 bits per heavy atom. The van der Waals surface area contributed by atoms with Crippen molar-refractivity contribution in [3.63, 3.8) is 0 Å². The molecular weight excluding hydrogens is 344 g/mol. The van der Waals surface area contributed by atoms with Crippen LogP contribution < -0.4 is 10.5 Å². The van der Waals surface area contributed by atoms with Crippen LogP contribution in [0.1, 0.15) is 19.8 Å². The summed E-state index contributed by atoms with van der Waals surface area (Å²) < 4.78 is 27.7. The van der Waals surface area contributed by atoms with Gasteiger partial charge in [0.2, 0.25) is 10.0 Å². The molecule has 0 aliphatic heterocycles. The topological polar surface area (TPSA) is 88.3 Å². The Bertz CT molecular complexity index is 589. The molecule has 1 fully saturated rings. The molecule has 3 N–H and O–H groups in total. The lowest BCUT2D eigenvalue weighted by molar-refractivity contribution is 0.248. The first-order valence-corrected chi connectivity index (χ1v) is 8.71. The third-order valence-corrected chi connectivity index (χ3v) is 5.41. The van der Waals surface area contributed by atoms with Crippen LogP contribution in [0, 0.1) is 0 Å². The van der Waals surface area contributed by atoms with E-state index < -0.39 is 10.0 Å². The molecule has 6 nitrogen and oxygen atoms in total. The van der Waals surface area contributed by atoms with Crippen molar-refractivity contribution in [3.05, 3.63) is 16.7 Å². The number of pyridine rings is 1. The second kappa shape index (κ2) is 5.97. The summed E-state index contributed by atoms with van der Waals surface area (Å²) >= 11 is 3.20. The highest BCUT2D eigenvalue weighted by Crippen LogP contribution is 2.27. The van der Waals surface area contributed by atoms with Crippen molar-refractivity contribution in [1.29, 1.82) is 0 Å². The number of nitrogens with two attached hydrogens (primary N) is 1.